The number of aromatic hydroxyl groups is 1. The molecule has 1 aliphatic rings. The second kappa shape index (κ2) is 5.80. The number of amides is 1. The Hall–Kier alpha value is -1.61. The molecule has 0 bridgehead atoms. The molecule has 1 aromatic rings. The van der Waals surface area contributed by atoms with Crippen LogP contribution >= 0.6 is 35.2 Å². The first-order valence-electron chi connectivity index (χ1n) is 4.96. The summed E-state index contributed by atoms with van der Waals surface area (Å²) in [7, 11) is 0. The maximum Gasteiger partial charge on any atom is 0.348 e. The van der Waals surface area contributed by atoms with Gasteiger partial charge in [-0.1, -0.05) is 23.2 Å². The minimum absolute atomic E-state index is 0.0498. The largest absolute Gasteiger partial charge is 0.505 e. The third-order valence-corrected chi connectivity index (χ3v) is 3.50. The van der Waals surface area contributed by atoms with Crippen molar-refractivity contribution in [1.82, 2.24) is 10.8 Å². The number of carboxylic acid groups (broad SMARTS) is 1. The molecule has 1 amide bonds. The van der Waals surface area contributed by atoms with Crippen molar-refractivity contribution in [2.45, 2.75) is 0 Å². The van der Waals surface area contributed by atoms with Gasteiger partial charge < -0.3 is 15.5 Å². The van der Waals surface area contributed by atoms with Gasteiger partial charge >= 0.3 is 5.97 Å². The Morgan fingerprint density at radius 2 is 1.90 bits per heavy atom. The molecule has 0 fully saturated rings. The highest BCUT2D eigenvalue weighted by molar-refractivity contribution is 7.99. The average molecular weight is 337 g/mol. The first kappa shape index (κ1) is 14.8. The van der Waals surface area contributed by atoms with E-state index < -0.39 is 11.9 Å². The first-order chi connectivity index (χ1) is 9.40. The number of carboxylic acids is 1. The zero-order valence-corrected chi connectivity index (χ0v) is 11.8. The van der Waals surface area contributed by atoms with Gasteiger partial charge in [-0.15, -0.1) is 0 Å². The van der Waals surface area contributed by atoms with Gasteiger partial charge in [-0.3, -0.25) is 4.79 Å². The van der Waals surface area contributed by atoms with Crippen LogP contribution in [0.4, 0.5) is 0 Å². The quantitative estimate of drug-likeness (QED) is 0.624. The fraction of sp³-hybridized carbons (Fsp3) is 0. The van der Waals surface area contributed by atoms with E-state index in [1.165, 1.54) is 12.1 Å². The number of carbonyl (C=O) groups excluding carboxylic acids is 1. The van der Waals surface area contributed by atoms with Crippen LogP contribution in [0.5, 0.6) is 5.75 Å². The van der Waals surface area contributed by atoms with Gasteiger partial charge in [0, 0.05) is 5.56 Å². The number of carbonyl (C=O) groups is 2. The van der Waals surface area contributed by atoms with Crippen LogP contribution in [-0.4, -0.2) is 22.1 Å². The van der Waals surface area contributed by atoms with Crippen molar-refractivity contribution in [1.29, 1.82) is 0 Å². The first-order valence-corrected chi connectivity index (χ1v) is 6.46. The van der Waals surface area contributed by atoms with E-state index in [1.54, 1.807) is 0 Å². The van der Waals surface area contributed by atoms with Crippen LogP contribution in [0.25, 0.3) is 0 Å². The van der Waals surface area contributed by atoms with E-state index >= 15 is 0 Å². The Kier molecular flexibility index (Phi) is 4.29. The van der Waals surface area contributed by atoms with E-state index in [9.17, 15) is 14.7 Å². The number of hydrogen-bond acceptors (Lipinski definition) is 6. The molecule has 0 radical (unpaired) electrons. The normalized spacial score (nSPS) is 14.1. The van der Waals surface area contributed by atoms with Crippen molar-refractivity contribution in [2.75, 3.05) is 0 Å². The molecule has 4 N–H and O–H groups in total. The van der Waals surface area contributed by atoms with Gasteiger partial charge in [-0.2, -0.15) is 4.28 Å². The lowest BCUT2D eigenvalue weighted by atomic mass is 10.2. The molecule has 20 heavy (non-hydrogen) atoms. The van der Waals surface area contributed by atoms with Crippen LogP contribution in [0.3, 0.4) is 0 Å². The monoisotopic (exact) mass is 336 g/mol. The van der Waals surface area contributed by atoms with Crippen LogP contribution in [0.1, 0.15) is 10.4 Å². The predicted molar refractivity (Wildman–Crippen MR) is 72.1 cm³/mol. The molecule has 0 saturated carbocycles. The van der Waals surface area contributed by atoms with Crippen LogP contribution in [0.2, 0.25) is 10.0 Å². The Labute approximate surface area is 126 Å². The fourth-order valence-electron chi connectivity index (χ4n) is 1.30. The molecule has 0 saturated heterocycles. The van der Waals surface area contributed by atoms with E-state index in [4.69, 9.17) is 28.3 Å². The fourth-order valence-corrected chi connectivity index (χ4v) is 2.24. The van der Waals surface area contributed by atoms with Crippen molar-refractivity contribution < 1.29 is 24.1 Å². The highest BCUT2D eigenvalue weighted by Crippen LogP contribution is 2.33. The van der Waals surface area contributed by atoms with Crippen LogP contribution in [-0.2, 0) is 9.08 Å². The van der Waals surface area contributed by atoms with Gasteiger partial charge in [-0.05, 0) is 12.1 Å². The molecule has 0 aromatic heterocycles. The summed E-state index contributed by atoms with van der Waals surface area (Å²) in [5.74, 6) is -2.36. The van der Waals surface area contributed by atoms with Crippen molar-refractivity contribution in [3.63, 3.8) is 0 Å². The third kappa shape index (κ3) is 2.93. The van der Waals surface area contributed by atoms with Crippen molar-refractivity contribution >= 4 is 47.1 Å². The smallest absolute Gasteiger partial charge is 0.348 e. The van der Waals surface area contributed by atoms with Gasteiger partial charge in [-0.25, -0.2) is 10.3 Å². The molecule has 1 heterocycles. The number of aliphatic carboxylic acids is 1. The molecule has 1 aliphatic heterocycles. The minimum Gasteiger partial charge on any atom is -0.505 e. The standard InChI is InChI=1S/C10H6Cl2N2O5S/c11-4-1-3(2-5(12)6(4)15)9(16)13-8-7(10(17)18)20-19-14-8/h1-2,14-15H,(H,13,16)(H,17,18). The molecular weight excluding hydrogens is 331 g/mol. The Morgan fingerprint density at radius 3 is 2.45 bits per heavy atom. The summed E-state index contributed by atoms with van der Waals surface area (Å²) >= 11 is 12.0. The molecule has 0 unspecified atom stereocenters. The summed E-state index contributed by atoms with van der Waals surface area (Å²) < 4.78 is 4.64. The summed E-state index contributed by atoms with van der Waals surface area (Å²) in [5.41, 5.74) is 2.29. The second-order valence-corrected chi connectivity index (χ2v) is 5.08. The van der Waals surface area contributed by atoms with E-state index in [2.05, 4.69) is 15.1 Å². The summed E-state index contributed by atoms with van der Waals surface area (Å²) in [6, 6.07) is 2.39. The summed E-state index contributed by atoms with van der Waals surface area (Å²) in [6.45, 7) is 0. The molecule has 1 aromatic carbocycles. The molecular formula is C10H6Cl2N2O5S. The number of halogens is 2. The van der Waals surface area contributed by atoms with Crippen molar-refractivity contribution in [3.8, 4) is 5.75 Å². The molecule has 0 atom stereocenters. The molecule has 0 spiro atoms. The van der Waals surface area contributed by atoms with Gasteiger partial charge in [0.1, 0.15) is 0 Å². The minimum atomic E-state index is -1.25. The van der Waals surface area contributed by atoms with E-state index in [-0.39, 0.29) is 32.1 Å². The molecule has 7 nitrogen and oxygen atoms in total. The van der Waals surface area contributed by atoms with Crippen molar-refractivity contribution in [2.24, 2.45) is 0 Å². The van der Waals surface area contributed by atoms with Crippen LogP contribution in [0.15, 0.2) is 22.9 Å². The van der Waals surface area contributed by atoms with Gasteiger partial charge in [0.2, 0.25) is 0 Å². The summed E-state index contributed by atoms with van der Waals surface area (Å²) in [4.78, 5) is 22.6. The molecule has 2 rings (SSSR count). The predicted octanol–water partition coefficient (Wildman–Crippen LogP) is 1.87. The highest BCUT2D eigenvalue weighted by atomic mass is 35.5. The number of hydroxylamine groups is 1. The zero-order chi connectivity index (χ0) is 14.9. The van der Waals surface area contributed by atoms with Gasteiger partial charge in [0.05, 0.1) is 22.1 Å². The van der Waals surface area contributed by atoms with E-state index in [0.29, 0.717) is 12.0 Å². The maximum atomic E-state index is 11.9. The SMILES string of the molecule is O=C(O)C1=C(NC(=O)c2cc(Cl)c(O)c(Cl)c2)NOS1. The van der Waals surface area contributed by atoms with E-state index in [1.807, 2.05) is 0 Å². The summed E-state index contributed by atoms with van der Waals surface area (Å²) in [6.07, 6.45) is 0. The number of benzene rings is 1. The van der Waals surface area contributed by atoms with Crippen molar-refractivity contribution in [3.05, 3.63) is 38.5 Å². The lowest BCUT2D eigenvalue weighted by Gasteiger charge is -2.08. The highest BCUT2D eigenvalue weighted by Gasteiger charge is 2.25. The summed E-state index contributed by atoms with van der Waals surface area (Å²) in [5, 5.41) is 20.4. The third-order valence-electron chi connectivity index (χ3n) is 2.21. The second-order valence-electron chi connectivity index (χ2n) is 3.52. The van der Waals surface area contributed by atoms with Gasteiger partial charge in [0.25, 0.3) is 5.91 Å². The zero-order valence-electron chi connectivity index (χ0n) is 9.44. The number of phenolic OH excluding ortho intramolecular Hbond substituents is 1. The Morgan fingerprint density at radius 1 is 1.30 bits per heavy atom. The number of hydrogen-bond donors (Lipinski definition) is 4. The molecule has 0 aliphatic carbocycles. The number of rotatable bonds is 3. The topological polar surface area (TPSA) is 108 Å². The van der Waals surface area contributed by atoms with Crippen LogP contribution < -0.4 is 10.8 Å². The lowest BCUT2D eigenvalue weighted by Crippen LogP contribution is -2.29. The lowest BCUT2D eigenvalue weighted by molar-refractivity contribution is -0.131. The maximum absolute atomic E-state index is 11.9. The van der Waals surface area contributed by atoms with E-state index in [0.717, 1.165) is 0 Å². The Balaban J connectivity index is 2.25. The average Bonchev–Trinajstić information content (AvgIpc) is 2.83. The molecule has 10 heteroatoms. The molecule has 106 valence electrons. The van der Waals surface area contributed by atoms with Gasteiger partial charge in [0.15, 0.2) is 16.5 Å². The number of nitrogens with one attached hydrogen (secondary N) is 2. The Bertz CT molecular complexity index is 611. The number of phenols is 1. The van der Waals surface area contributed by atoms with Crippen LogP contribution in [0, 0.1) is 0 Å².